The van der Waals surface area contributed by atoms with Crippen LogP contribution in [-0.4, -0.2) is 22.0 Å². The molecule has 1 saturated carbocycles. The smallest absolute Gasteiger partial charge is 0.309 e. The molecule has 0 bridgehead atoms. The number of rotatable bonds is 7. The predicted octanol–water partition coefficient (Wildman–Crippen LogP) is 4.73. The summed E-state index contributed by atoms with van der Waals surface area (Å²) in [5.41, 5.74) is 1.40. The third kappa shape index (κ3) is 5.05. The van der Waals surface area contributed by atoms with Gasteiger partial charge < -0.3 is 10.4 Å². The third-order valence-electron chi connectivity index (χ3n) is 4.75. The molecule has 1 unspecified atom stereocenters. The number of halogens is 1. The van der Waals surface area contributed by atoms with Crippen LogP contribution in [0.2, 0.25) is 5.02 Å². The van der Waals surface area contributed by atoms with Crippen LogP contribution in [0.5, 0.6) is 0 Å². The van der Waals surface area contributed by atoms with Crippen LogP contribution in [0.25, 0.3) is 0 Å². The molecule has 2 aromatic rings. The number of carboxylic acids is 1. The van der Waals surface area contributed by atoms with Gasteiger partial charge in [-0.2, -0.15) is 0 Å². The predicted molar refractivity (Wildman–Crippen MR) is 103 cm³/mol. The average molecular weight is 393 g/mol. The number of aromatic nitrogens is 1. The summed E-state index contributed by atoms with van der Waals surface area (Å²) in [4.78, 5) is 27.9. The normalized spacial score (nSPS) is 15.7. The quantitative estimate of drug-likeness (QED) is 0.714. The van der Waals surface area contributed by atoms with E-state index in [0.717, 1.165) is 24.8 Å². The van der Waals surface area contributed by atoms with E-state index in [0.29, 0.717) is 21.8 Å². The van der Waals surface area contributed by atoms with E-state index in [2.05, 4.69) is 10.3 Å². The zero-order chi connectivity index (χ0) is 18.5. The number of nitrogens with one attached hydrogen (secondary N) is 1. The lowest BCUT2D eigenvalue weighted by Gasteiger charge is -2.20. The molecule has 2 N–H and O–H groups in total. The van der Waals surface area contributed by atoms with Gasteiger partial charge in [0.1, 0.15) is 0 Å². The fraction of sp³-hybridized carbons (Fsp3) is 0.421. The molecule has 0 saturated heterocycles. The Hall–Kier alpha value is -1.92. The summed E-state index contributed by atoms with van der Waals surface area (Å²) in [6, 6.07) is 7.42. The van der Waals surface area contributed by atoms with Crippen LogP contribution < -0.4 is 5.32 Å². The first kappa shape index (κ1) is 18.9. The van der Waals surface area contributed by atoms with Crippen molar-refractivity contribution in [3.8, 4) is 0 Å². The van der Waals surface area contributed by atoms with Crippen molar-refractivity contribution in [2.45, 2.75) is 44.4 Å². The standard InChI is InChI=1S/C19H21ClN2O3S/c20-14-7-5-13(6-8-14)16(9-12-3-1-2-4-12)18(25)22-19-21-15(11-26-19)10-17(23)24/h5-8,11-12,16H,1-4,9-10H2,(H,23,24)(H,21,22,25). The molecule has 0 spiro atoms. The van der Waals surface area contributed by atoms with Gasteiger partial charge in [-0.1, -0.05) is 49.4 Å². The van der Waals surface area contributed by atoms with Crippen LogP contribution in [0, 0.1) is 5.92 Å². The summed E-state index contributed by atoms with van der Waals surface area (Å²) in [7, 11) is 0. The number of carbonyl (C=O) groups excluding carboxylic acids is 1. The fourth-order valence-corrected chi connectivity index (χ4v) is 4.30. The van der Waals surface area contributed by atoms with E-state index in [-0.39, 0.29) is 18.2 Å². The van der Waals surface area contributed by atoms with E-state index in [4.69, 9.17) is 16.7 Å². The Labute approximate surface area is 161 Å². The lowest BCUT2D eigenvalue weighted by atomic mass is 9.87. The molecule has 1 atom stereocenters. The molecule has 0 radical (unpaired) electrons. The van der Waals surface area contributed by atoms with Gasteiger partial charge in [-0.15, -0.1) is 11.3 Å². The van der Waals surface area contributed by atoms with E-state index in [1.165, 1.54) is 24.2 Å². The number of amides is 1. The largest absolute Gasteiger partial charge is 0.481 e. The maximum atomic E-state index is 12.9. The highest BCUT2D eigenvalue weighted by Gasteiger charge is 2.27. The van der Waals surface area contributed by atoms with Gasteiger partial charge in [0.15, 0.2) is 5.13 Å². The highest BCUT2D eigenvalue weighted by Crippen LogP contribution is 2.35. The molecule has 1 fully saturated rings. The van der Waals surface area contributed by atoms with Crippen LogP contribution >= 0.6 is 22.9 Å². The first-order valence-electron chi connectivity index (χ1n) is 8.74. The van der Waals surface area contributed by atoms with Gasteiger partial charge >= 0.3 is 5.97 Å². The molecule has 138 valence electrons. The number of carbonyl (C=O) groups is 2. The molecule has 26 heavy (non-hydrogen) atoms. The number of thiazole rings is 1. The van der Waals surface area contributed by atoms with Gasteiger partial charge in [0.2, 0.25) is 5.91 Å². The summed E-state index contributed by atoms with van der Waals surface area (Å²) in [5, 5.41) is 14.5. The van der Waals surface area contributed by atoms with E-state index in [9.17, 15) is 9.59 Å². The number of anilines is 1. The van der Waals surface area contributed by atoms with Crippen molar-refractivity contribution in [3.05, 3.63) is 45.9 Å². The Morgan fingerprint density at radius 2 is 1.96 bits per heavy atom. The van der Waals surface area contributed by atoms with Crippen molar-refractivity contribution in [2.24, 2.45) is 5.92 Å². The molecule has 1 aliphatic carbocycles. The van der Waals surface area contributed by atoms with Crippen molar-refractivity contribution >= 4 is 39.9 Å². The van der Waals surface area contributed by atoms with Crippen LogP contribution in [0.4, 0.5) is 5.13 Å². The highest BCUT2D eigenvalue weighted by molar-refractivity contribution is 7.13. The van der Waals surface area contributed by atoms with Gasteiger partial charge in [-0.3, -0.25) is 9.59 Å². The van der Waals surface area contributed by atoms with Crippen LogP contribution in [0.15, 0.2) is 29.6 Å². The average Bonchev–Trinajstić information content (AvgIpc) is 3.25. The monoisotopic (exact) mass is 392 g/mol. The molecule has 1 amide bonds. The molecule has 7 heteroatoms. The van der Waals surface area contributed by atoms with E-state index in [1.54, 1.807) is 17.5 Å². The second-order valence-electron chi connectivity index (χ2n) is 6.69. The van der Waals surface area contributed by atoms with Crippen molar-refractivity contribution in [1.82, 2.24) is 4.98 Å². The zero-order valence-corrected chi connectivity index (χ0v) is 15.9. The highest BCUT2D eigenvalue weighted by atomic mass is 35.5. The van der Waals surface area contributed by atoms with Gasteiger partial charge in [-0.05, 0) is 30.0 Å². The molecule has 1 aromatic carbocycles. The van der Waals surface area contributed by atoms with E-state index < -0.39 is 5.97 Å². The third-order valence-corrected chi connectivity index (χ3v) is 5.81. The Morgan fingerprint density at radius 3 is 2.62 bits per heavy atom. The molecule has 1 aliphatic rings. The number of hydrogen-bond acceptors (Lipinski definition) is 4. The molecule has 1 heterocycles. The van der Waals surface area contributed by atoms with Crippen LogP contribution in [0.1, 0.15) is 49.3 Å². The maximum Gasteiger partial charge on any atom is 0.309 e. The number of nitrogens with zero attached hydrogens (tertiary/aromatic N) is 1. The second kappa shape index (κ2) is 8.64. The van der Waals surface area contributed by atoms with Gasteiger partial charge in [0, 0.05) is 10.4 Å². The summed E-state index contributed by atoms with van der Waals surface area (Å²) in [6.07, 6.45) is 5.44. The lowest BCUT2D eigenvalue weighted by molar-refractivity contribution is -0.136. The summed E-state index contributed by atoms with van der Waals surface area (Å²) < 4.78 is 0. The first-order chi connectivity index (χ1) is 12.5. The minimum absolute atomic E-state index is 0.101. The van der Waals surface area contributed by atoms with Crippen molar-refractivity contribution in [1.29, 1.82) is 0 Å². The number of carboxylic acid groups (broad SMARTS) is 1. The Kier molecular flexibility index (Phi) is 6.27. The Balaban J connectivity index is 1.74. The number of aliphatic carboxylic acids is 1. The van der Waals surface area contributed by atoms with Gasteiger partial charge in [0.25, 0.3) is 0 Å². The van der Waals surface area contributed by atoms with Gasteiger partial charge in [0.05, 0.1) is 18.0 Å². The second-order valence-corrected chi connectivity index (χ2v) is 7.99. The number of hydrogen-bond donors (Lipinski definition) is 2. The van der Waals surface area contributed by atoms with E-state index in [1.807, 2.05) is 12.1 Å². The van der Waals surface area contributed by atoms with Crippen LogP contribution in [0.3, 0.4) is 0 Å². The summed E-state index contributed by atoms with van der Waals surface area (Å²) >= 11 is 7.23. The molecular formula is C19H21ClN2O3S. The first-order valence-corrected chi connectivity index (χ1v) is 9.99. The zero-order valence-electron chi connectivity index (χ0n) is 14.3. The molecule has 5 nitrogen and oxygen atoms in total. The minimum atomic E-state index is -0.937. The summed E-state index contributed by atoms with van der Waals surface area (Å²) in [6.45, 7) is 0. The molecule has 3 rings (SSSR count). The number of benzene rings is 1. The van der Waals surface area contributed by atoms with Crippen molar-refractivity contribution in [3.63, 3.8) is 0 Å². The minimum Gasteiger partial charge on any atom is -0.481 e. The maximum absolute atomic E-state index is 12.9. The molecular weight excluding hydrogens is 372 g/mol. The lowest BCUT2D eigenvalue weighted by Crippen LogP contribution is -2.23. The topological polar surface area (TPSA) is 79.3 Å². The SMILES string of the molecule is O=C(O)Cc1csc(NC(=O)C(CC2CCCC2)c2ccc(Cl)cc2)n1. The molecule has 0 aliphatic heterocycles. The fourth-order valence-electron chi connectivity index (χ4n) is 3.46. The van der Waals surface area contributed by atoms with Crippen molar-refractivity contribution in [2.75, 3.05) is 5.32 Å². The Morgan fingerprint density at radius 1 is 1.27 bits per heavy atom. The molecule has 1 aromatic heterocycles. The summed E-state index contributed by atoms with van der Waals surface area (Å²) in [5.74, 6) is -0.744. The van der Waals surface area contributed by atoms with Crippen molar-refractivity contribution < 1.29 is 14.7 Å². The Bertz CT molecular complexity index is 769. The van der Waals surface area contributed by atoms with Crippen LogP contribution in [-0.2, 0) is 16.0 Å². The van der Waals surface area contributed by atoms with Gasteiger partial charge in [-0.25, -0.2) is 4.98 Å². The van der Waals surface area contributed by atoms with E-state index >= 15 is 0 Å².